The van der Waals surface area contributed by atoms with Crippen LogP contribution in [0.2, 0.25) is 0 Å². The average Bonchev–Trinajstić information content (AvgIpc) is 2.90. The normalized spacial score (nSPS) is 17.4. The van der Waals surface area contributed by atoms with Crippen LogP contribution in [0.15, 0.2) is 46.9 Å². The van der Waals surface area contributed by atoms with Crippen molar-refractivity contribution in [3.8, 4) is 0 Å². The SMILES string of the molecule is Cc1cccc(NC(=O)C2CC(=O)N(c3ccccc3Br)C2)n1. The minimum absolute atomic E-state index is 0.0470. The fourth-order valence-electron chi connectivity index (χ4n) is 2.63. The van der Waals surface area contributed by atoms with E-state index >= 15 is 0 Å². The van der Waals surface area contributed by atoms with E-state index in [1.165, 1.54) is 0 Å². The van der Waals surface area contributed by atoms with Crippen LogP contribution in [0.5, 0.6) is 0 Å². The molecular weight excluding hydrogens is 358 g/mol. The first-order valence-corrected chi connectivity index (χ1v) is 8.13. The Balaban J connectivity index is 1.72. The zero-order chi connectivity index (χ0) is 16.4. The molecule has 0 spiro atoms. The van der Waals surface area contributed by atoms with Crippen LogP contribution >= 0.6 is 15.9 Å². The number of amides is 2. The molecule has 0 radical (unpaired) electrons. The van der Waals surface area contributed by atoms with Gasteiger partial charge in [0.1, 0.15) is 5.82 Å². The summed E-state index contributed by atoms with van der Waals surface area (Å²) in [7, 11) is 0. The number of carbonyl (C=O) groups is 2. The number of benzene rings is 1. The third-order valence-electron chi connectivity index (χ3n) is 3.78. The minimum atomic E-state index is -0.378. The van der Waals surface area contributed by atoms with Gasteiger partial charge in [0, 0.05) is 23.1 Å². The summed E-state index contributed by atoms with van der Waals surface area (Å²) in [5, 5.41) is 2.79. The van der Waals surface area contributed by atoms with Crippen LogP contribution < -0.4 is 10.2 Å². The summed E-state index contributed by atoms with van der Waals surface area (Å²) in [6, 6.07) is 13.0. The molecule has 2 amide bonds. The Kier molecular flexibility index (Phi) is 4.43. The summed E-state index contributed by atoms with van der Waals surface area (Å²) >= 11 is 3.45. The molecule has 1 aliphatic rings. The Hall–Kier alpha value is -2.21. The Bertz CT molecular complexity index is 763. The van der Waals surface area contributed by atoms with Gasteiger partial charge in [0.2, 0.25) is 11.8 Å². The molecule has 5 nitrogen and oxygen atoms in total. The van der Waals surface area contributed by atoms with E-state index < -0.39 is 0 Å². The molecule has 2 aromatic rings. The molecule has 2 heterocycles. The van der Waals surface area contributed by atoms with Gasteiger partial charge in [0.25, 0.3) is 0 Å². The molecule has 1 aromatic heterocycles. The molecule has 6 heteroatoms. The Labute approximate surface area is 142 Å². The second kappa shape index (κ2) is 6.50. The number of carbonyl (C=O) groups excluding carboxylic acids is 2. The Morgan fingerprint density at radius 1 is 1.26 bits per heavy atom. The number of para-hydroxylation sites is 1. The van der Waals surface area contributed by atoms with E-state index in [0.717, 1.165) is 15.9 Å². The first-order valence-electron chi connectivity index (χ1n) is 7.34. The van der Waals surface area contributed by atoms with E-state index in [1.54, 1.807) is 11.0 Å². The molecule has 3 rings (SSSR count). The quantitative estimate of drug-likeness (QED) is 0.898. The summed E-state index contributed by atoms with van der Waals surface area (Å²) in [6.07, 6.45) is 0.207. The first kappa shape index (κ1) is 15.7. The molecule has 0 aliphatic carbocycles. The van der Waals surface area contributed by atoms with Crippen molar-refractivity contribution < 1.29 is 9.59 Å². The number of anilines is 2. The van der Waals surface area contributed by atoms with Crippen molar-refractivity contribution >= 4 is 39.2 Å². The smallest absolute Gasteiger partial charge is 0.230 e. The maximum atomic E-state index is 12.4. The summed E-state index contributed by atoms with van der Waals surface area (Å²) < 4.78 is 0.842. The fraction of sp³-hybridized carbons (Fsp3) is 0.235. The molecule has 0 saturated carbocycles. The lowest BCUT2D eigenvalue weighted by atomic mass is 10.1. The number of aryl methyl sites for hydroxylation is 1. The Morgan fingerprint density at radius 3 is 2.78 bits per heavy atom. The lowest BCUT2D eigenvalue weighted by molar-refractivity contribution is -0.122. The first-order chi connectivity index (χ1) is 11.0. The molecule has 118 valence electrons. The summed E-state index contributed by atoms with van der Waals surface area (Å²) in [5.74, 6) is -0.0843. The number of hydrogen-bond acceptors (Lipinski definition) is 3. The highest BCUT2D eigenvalue weighted by molar-refractivity contribution is 9.10. The second-order valence-electron chi connectivity index (χ2n) is 5.51. The van der Waals surface area contributed by atoms with E-state index in [1.807, 2.05) is 43.3 Å². The van der Waals surface area contributed by atoms with Crippen molar-refractivity contribution in [3.63, 3.8) is 0 Å². The summed E-state index contributed by atoms with van der Waals surface area (Å²) in [6.45, 7) is 2.24. The van der Waals surface area contributed by atoms with Gasteiger partial charge < -0.3 is 10.2 Å². The molecule has 0 bridgehead atoms. The largest absolute Gasteiger partial charge is 0.310 e. The fourth-order valence-corrected chi connectivity index (χ4v) is 3.13. The number of hydrogen-bond donors (Lipinski definition) is 1. The zero-order valence-electron chi connectivity index (χ0n) is 12.6. The molecule has 1 aliphatic heterocycles. The van der Waals surface area contributed by atoms with E-state index in [4.69, 9.17) is 0 Å². The van der Waals surface area contributed by atoms with Crippen LogP contribution in [0.1, 0.15) is 12.1 Å². The number of nitrogens with one attached hydrogen (secondary N) is 1. The van der Waals surface area contributed by atoms with E-state index in [0.29, 0.717) is 12.4 Å². The van der Waals surface area contributed by atoms with Crippen molar-refractivity contribution in [3.05, 3.63) is 52.6 Å². The van der Waals surface area contributed by atoms with Gasteiger partial charge in [-0.15, -0.1) is 0 Å². The maximum Gasteiger partial charge on any atom is 0.230 e. The zero-order valence-corrected chi connectivity index (χ0v) is 14.2. The van der Waals surface area contributed by atoms with E-state index in [-0.39, 0.29) is 24.2 Å². The average molecular weight is 374 g/mol. The summed E-state index contributed by atoms with van der Waals surface area (Å²) in [5.41, 5.74) is 1.63. The van der Waals surface area contributed by atoms with Crippen LogP contribution in [-0.4, -0.2) is 23.3 Å². The number of halogens is 1. The third kappa shape index (κ3) is 3.42. The molecule has 1 N–H and O–H groups in total. The number of nitrogens with zero attached hydrogens (tertiary/aromatic N) is 2. The second-order valence-corrected chi connectivity index (χ2v) is 6.36. The van der Waals surface area contributed by atoms with Gasteiger partial charge in [-0.2, -0.15) is 0 Å². The predicted octanol–water partition coefficient (Wildman–Crippen LogP) is 3.14. The molecule has 1 unspecified atom stereocenters. The number of rotatable bonds is 3. The molecule has 23 heavy (non-hydrogen) atoms. The van der Waals surface area contributed by atoms with Crippen LogP contribution in [0.4, 0.5) is 11.5 Å². The highest BCUT2D eigenvalue weighted by Crippen LogP contribution is 2.31. The van der Waals surface area contributed by atoms with Gasteiger partial charge in [-0.25, -0.2) is 4.98 Å². The predicted molar refractivity (Wildman–Crippen MR) is 92.2 cm³/mol. The standard InChI is InChI=1S/C17H16BrN3O2/c1-11-5-4-8-15(19-11)20-17(23)12-9-16(22)21(10-12)14-7-3-2-6-13(14)18/h2-8,12H,9-10H2,1H3,(H,19,20,23). The van der Waals surface area contributed by atoms with E-state index in [9.17, 15) is 9.59 Å². The third-order valence-corrected chi connectivity index (χ3v) is 4.45. The van der Waals surface area contributed by atoms with Gasteiger partial charge in [-0.05, 0) is 47.1 Å². The van der Waals surface area contributed by atoms with Gasteiger partial charge in [-0.3, -0.25) is 9.59 Å². The number of pyridine rings is 1. The highest BCUT2D eigenvalue weighted by atomic mass is 79.9. The molecule has 1 aromatic carbocycles. The number of aromatic nitrogens is 1. The van der Waals surface area contributed by atoms with Crippen LogP contribution in [0.25, 0.3) is 0 Å². The highest BCUT2D eigenvalue weighted by Gasteiger charge is 2.35. The monoisotopic (exact) mass is 373 g/mol. The van der Waals surface area contributed by atoms with Crippen molar-refractivity contribution in [2.75, 3.05) is 16.8 Å². The van der Waals surface area contributed by atoms with Crippen molar-refractivity contribution in [2.45, 2.75) is 13.3 Å². The Morgan fingerprint density at radius 2 is 2.04 bits per heavy atom. The lowest BCUT2D eigenvalue weighted by Crippen LogP contribution is -2.28. The minimum Gasteiger partial charge on any atom is -0.310 e. The van der Waals surface area contributed by atoms with Gasteiger partial charge in [-0.1, -0.05) is 18.2 Å². The lowest BCUT2D eigenvalue weighted by Gasteiger charge is -2.18. The van der Waals surface area contributed by atoms with Crippen molar-refractivity contribution in [2.24, 2.45) is 5.92 Å². The van der Waals surface area contributed by atoms with Crippen LogP contribution in [0.3, 0.4) is 0 Å². The van der Waals surface area contributed by atoms with Crippen molar-refractivity contribution in [1.82, 2.24) is 4.98 Å². The van der Waals surface area contributed by atoms with Crippen molar-refractivity contribution in [1.29, 1.82) is 0 Å². The molecule has 1 atom stereocenters. The summed E-state index contributed by atoms with van der Waals surface area (Å²) in [4.78, 5) is 30.6. The van der Waals surface area contributed by atoms with Gasteiger partial charge >= 0.3 is 0 Å². The van der Waals surface area contributed by atoms with Crippen LogP contribution in [-0.2, 0) is 9.59 Å². The van der Waals surface area contributed by atoms with Gasteiger partial charge in [0.05, 0.1) is 11.6 Å². The molecule has 1 saturated heterocycles. The topological polar surface area (TPSA) is 62.3 Å². The maximum absolute atomic E-state index is 12.4. The van der Waals surface area contributed by atoms with Gasteiger partial charge in [0.15, 0.2) is 0 Å². The molecule has 1 fully saturated rings. The van der Waals surface area contributed by atoms with E-state index in [2.05, 4.69) is 26.2 Å². The molecular formula is C17H16BrN3O2. The van der Waals surface area contributed by atoms with Crippen LogP contribution in [0, 0.1) is 12.8 Å².